The van der Waals surface area contributed by atoms with Crippen LogP contribution in [0.4, 0.5) is 10.2 Å². The summed E-state index contributed by atoms with van der Waals surface area (Å²) < 4.78 is 14.7. The van der Waals surface area contributed by atoms with E-state index < -0.39 is 0 Å². The van der Waals surface area contributed by atoms with E-state index in [2.05, 4.69) is 19.9 Å². The summed E-state index contributed by atoms with van der Waals surface area (Å²) in [4.78, 5) is 16.2. The molecule has 2 heterocycles. The lowest BCUT2D eigenvalue weighted by Gasteiger charge is -2.11. The van der Waals surface area contributed by atoms with Gasteiger partial charge in [0, 0.05) is 23.5 Å². The van der Waals surface area contributed by atoms with Gasteiger partial charge in [0.15, 0.2) is 0 Å². The molecule has 0 radical (unpaired) electrons. The van der Waals surface area contributed by atoms with Gasteiger partial charge in [-0.1, -0.05) is 30.3 Å². The molecule has 4 rings (SSSR count). The fraction of sp³-hybridized carbons (Fsp3) is 0. The third kappa shape index (κ3) is 3.00. The highest BCUT2D eigenvalue weighted by molar-refractivity contribution is 5.83. The number of hydrogen-bond donors (Lipinski definition) is 1. The minimum absolute atomic E-state index is 0.296. The van der Waals surface area contributed by atoms with Crippen LogP contribution in [-0.4, -0.2) is 19.9 Å². The fourth-order valence-electron chi connectivity index (χ4n) is 2.79. The molecule has 2 aromatic heterocycles. The maximum atomic E-state index is 14.7. The summed E-state index contributed by atoms with van der Waals surface area (Å²) in [7, 11) is 0. The Labute approximate surface area is 149 Å². The van der Waals surface area contributed by atoms with Crippen molar-refractivity contribution in [3.05, 3.63) is 79.4 Å². The average molecular weight is 343 g/mol. The minimum Gasteiger partial charge on any atom is -0.382 e. The summed E-state index contributed by atoms with van der Waals surface area (Å²) in [6, 6.07) is 12.8. The maximum absolute atomic E-state index is 14.7. The number of nitrogen functional groups attached to an aromatic ring is 1. The fourth-order valence-corrected chi connectivity index (χ4v) is 2.79. The first-order valence-corrected chi connectivity index (χ1v) is 7.94. The van der Waals surface area contributed by atoms with Gasteiger partial charge < -0.3 is 5.73 Å². The molecule has 5 nitrogen and oxygen atoms in total. The van der Waals surface area contributed by atoms with Crippen LogP contribution >= 0.6 is 0 Å². The molecule has 0 unspecified atom stereocenters. The molecular weight excluding hydrogens is 329 g/mol. The van der Waals surface area contributed by atoms with Gasteiger partial charge >= 0.3 is 0 Å². The lowest BCUT2D eigenvalue weighted by Crippen LogP contribution is -1.95. The second kappa shape index (κ2) is 6.68. The van der Waals surface area contributed by atoms with E-state index in [4.69, 9.17) is 5.73 Å². The van der Waals surface area contributed by atoms with Crippen molar-refractivity contribution in [2.24, 2.45) is 0 Å². The van der Waals surface area contributed by atoms with Gasteiger partial charge in [0.25, 0.3) is 0 Å². The van der Waals surface area contributed by atoms with Crippen LogP contribution in [0.3, 0.4) is 0 Å². The van der Waals surface area contributed by atoms with Crippen LogP contribution in [0.25, 0.3) is 33.5 Å². The van der Waals surface area contributed by atoms with Crippen LogP contribution in [0, 0.1) is 5.82 Å². The standard InChI is InChI=1S/C20H14FN5/c21-18-7-13(5-6-17(18)19-10-26-20(22)11-25-19)15-3-1-2-4-16(15)14-8-23-12-24-9-14/h1-12H,(H2,22,26). The van der Waals surface area contributed by atoms with E-state index in [0.29, 0.717) is 17.1 Å². The Hall–Kier alpha value is -3.67. The topological polar surface area (TPSA) is 77.6 Å². The first-order valence-electron chi connectivity index (χ1n) is 7.94. The first-order chi connectivity index (χ1) is 12.7. The zero-order valence-electron chi connectivity index (χ0n) is 13.7. The van der Waals surface area contributed by atoms with Gasteiger partial charge in [-0.25, -0.2) is 19.3 Å². The first kappa shape index (κ1) is 15.8. The van der Waals surface area contributed by atoms with Gasteiger partial charge in [0.2, 0.25) is 0 Å². The van der Waals surface area contributed by atoms with E-state index in [-0.39, 0.29) is 5.82 Å². The highest BCUT2D eigenvalue weighted by Gasteiger charge is 2.12. The summed E-state index contributed by atoms with van der Waals surface area (Å²) in [6.45, 7) is 0. The Balaban J connectivity index is 1.79. The summed E-state index contributed by atoms with van der Waals surface area (Å²) in [6.07, 6.45) is 7.82. The van der Waals surface area contributed by atoms with Crippen LogP contribution in [-0.2, 0) is 0 Å². The molecule has 126 valence electrons. The predicted octanol–water partition coefficient (Wildman–Crippen LogP) is 3.99. The maximum Gasteiger partial charge on any atom is 0.141 e. The number of nitrogens with zero attached hydrogens (tertiary/aromatic N) is 4. The second-order valence-electron chi connectivity index (χ2n) is 5.69. The Morgan fingerprint density at radius 3 is 2.12 bits per heavy atom. The molecule has 0 aliphatic rings. The molecule has 2 aromatic carbocycles. The van der Waals surface area contributed by atoms with Crippen LogP contribution in [0.2, 0.25) is 0 Å². The van der Waals surface area contributed by atoms with Gasteiger partial charge in [0.1, 0.15) is 18.0 Å². The van der Waals surface area contributed by atoms with Crippen molar-refractivity contribution in [2.75, 3.05) is 5.73 Å². The molecule has 0 fully saturated rings. The van der Waals surface area contributed by atoms with Crippen LogP contribution in [0.15, 0.2) is 73.6 Å². The van der Waals surface area contributed by atoms with Gasteiger partial charge in [-0.3, -0.25) is 4.98 Å². The SMILES string of the molecule is Nc1cnc(-c2ccc(-c3ccccc3-c3cncnc3)cc2F)cn1. The normalized spacial score (nSPS) is 10.7. The highest BCUT2D eigenvalue weighted by Crippen LogP contribution is 2.33. The van der Waals surface area contributed by atoms with Crippen LogP contribution in [0.5, 0.6) is 0 Å². The molecule has 0 atom stereocenters. The molecule has 6 heteroatoms. The van der Waals surface area contributed by atoms with E-state index in [1.165, 1.54) is 24.8 Å². The van der Waals surface area contributed by atoms with E-state index in [9.17, 15) is 4.39 Å². The zero-order chi connectivity index (χ0) is 17.9. The summed E-state index contributed by atoms with van der Waals surface area (Å²) in [5, 5.41) is 0. The van der Waals surface area contributed by atoms with Crippen molar-refractivity contribution in [3.63, 3.8) is 0 Å². The Kier molecular flexibility index (Phi) is 4.07. The van der Waals surface area contributed by atoms with Gasteiger partial charge in [-0.15, -0.1) is 0 Å². The summed E-state index contributed by atoms with van der Waals surface area (Å²) >= 11 is 0. The van der Waals surface area contributed by atoms with Gasteiger partial charge in [-0.05, 0) is 28.8 Å². The molecule has 0 saturated heterocycles. The molecule has 0 aliphatic carbocycles. The van der Waals surface area contributed by atoms with E-state index in [0.717, 1.165) is 22.3 Å². The number of nitrogens with two attached hydrogens (primary N) is 1. The minimum atomic E-state index is -0.374. The van der Waals surface area contributed by atoms with Crippen LogP contribution in [0.1, 0.15) is 0 Å². The van der Waals surface area contributed by atoms with Crippen molar-refractivity contribution in [3.8, 4) is 33.5 Å². The smallest absolute Gasteiger partial charge is 0.141 e. The highest BCUT2D eigenvalue weighted by atomic mass is 19.1. The van der Waals surface area contributed by atoms with E-state index in [1.807, 2.05) is 30.3 Å². The predicted molar refractivity (Wildman–Crippen MR) is 98.3 cm³/mol. The third-order valence-corrected chi connectivity index (χ3v) is 4.03. The van der Waals surface area contributed by atoms with Crippen molar-refractivity contribution >= 4 is 5.82 Å². The van der Waals surface area contributed by atoms with Crippen molar-refractivity contribution in [1.29, 1.82) is 0 Å². The van der Waals surface area contributed by atoms with Gasteiger partial charge in [0.05, 0.1) is 18.1 Å². The van der Waals surface area contributed by atoms with E-state index >= 15 is 0 Å². The number of hydrogen-bond acceptors (Lipinski definition) is 5. The molecule has 0 saturated carbocycles. The number of aromatic nitrogens is 4. The number of anilines is 1. The van der Waals surface area contributed by atoms with Crippen molar-refractivity contribution < 1.29 is 4.39 Å². The Morgan fingerprint density at radius 1 is 0.731 bits per heavy atom. The molecular formula is C20H14FN5. The molecule has 2 N–H and O–H groups in total. The molecule has 0 amide bonds. The van der Waals surface area contributed by atoms with E-state index in [1.54, 1.807) is 18.5 Å². The van der Waals surface area contributed by atoms with Crippen molar-refractivity contribution in [2.45, 2.75) is 0 Å². The summed E-state index contributed by atoms with van der Waals surface area (Å²) in [5.41, 5.74) is 9.82. The molecule has 26 heavy (non-hydrogen) atoms. The zero-order valence-corrected chi connectivity index (χ0v) is 13.7. The number of halogens is 1. The Morgan fingerprint density at radius 2 is 1.46 bits per heavy atom. The molecule has 0 spiro atoms. The van der Waals surface area contributed by atoms with Crippen molar-refractivity contribution in [1.82, 2.24) is 19.9 Å². The number of benzene rings is 2. The molecule has 4 aromatic rings. The largest absolute Gasteiger partial charge is 0.382 e. The van der Waals surface area contributed by atoms with Crippen LogP contribution < -0.4 is 5.73 Å². The lowest BCUT2D eigenvalue weighted by molar-refractivity contribution is 0.631. The quantitative estimate of drug-likeness (QED) is 0.608. The third-order valence-electron chi connectivity index (χ3n) is 4.03. The Bertz CT molecular complexity index is 1050. The summed E-state index contributed by atoms with van der Waals surface area (Å²) in [5.74, 6) is -0.0783. The monoisotopic (exact) mass is 343 g/mol. The molecule has 0 bridgehead atoms. The average Bonchev–Trinajstić information content (AvgIpc) is 2.69. The van der Waals surface area contributed by atoms with Gasteiger partial charge in [-0.2, -0.15) is 0 Å². The number of rotatable bonds is 3. The second-order valence-corrected chi connectivity index (χ2v) is 5.69. The molecule has 0 aliphatic heterocycles. The lowest BCUT2D eigenvalue weighted by atomic mass is 9.95.